The first-order chi connectivity index (χ1) is 9.84. The van der Waals surface area contributed by atoms with Crippen molar-refractivity contribution in [3.63, 3.8) is 0 Å². The number of hydrogen-bond donors (Lipinski definition) is 2. The summed E-state index contributed by atoms with van der Waals surface area (Å²) in [5, 5.41) is 0.956. The van der Waals surface area contributed by atoms with Gasteiger partial charge in [0.05, 0.1) is 0 Å². The molecule has 0 atom stereocenters. The molecular weight excluding hydrogens is 293 g/mol. The maximum absolute atomic E-state index is 13.2. The van der Waals surface area contributed by atoms with Crippen LogP contribution in [0.5, 0.6) is 0 Å². The van der Waals surface area contributed by atoms with Crippen molar-refractivity contribution < 1.29 is 12.8 Å². The topological polar surface area (TPSA) is 65.2 Å². The molecule has 1 aromatic carbocycles. The first kappa shape index (κ1) is 14.5. The molecule has 1 aromatic heterocycles. The smallest absolute Gasteiger partial charge is 0.278 e. The third-order valence-electron chi connectivity index (χ3n) is 4.14. The van der Waals surface area contributed by atoms with Crippen molar-refractivity contribution in [2.45, 2.75) is 18.3 Å². The molecule has 7 heteroatoms. The summed E-state index contributed by atoms with van der Waals surface area (Å²) in [6, 6.07) is 4.63. The fraction of sp³-hybridized carbons (Fsp3) is 0.429. The van der Waals surface area contributed by atoms with Crippen molar-refractivity contribution in [2.75, 3.05) is 20.6 Å². The number of aromatic nitrogens is 1. The summed E-state index contributed by atoms with van der Waals surface area (Å²) < 4.78 is 40.7. The maximum Gasteiger partial charge on any atom is 0.278 e. The highest BCUT2D eigenvalue weighted by Gasteiger charge is 2.46. The Labute approximate surface area is 123 Å². The third kappa shape index (κ3) is 2.56. The summed E-state index contributed by atoms with van der Waals surface area (Å²) in [5.74, 6) is -0.283. The average molecular weight is 311 g/mol. The maximum atomic E-state index is 13.2. The first-order valence-corrected chi connectivity index (χ1v) is 8.22. The monoisotopic (exact) mass is 311 g/mol. The van der Waals surface area contributed by atoms with Gasteiger partial charge in [0.15, 0.2) is 0 Å². The SMILES string of the molecule is CN(C)S(=O)(=O)NCC1(c2c[nH]c3cc(F)ccc23)CC1. The molecule has 0 bridgehead atoms. The minimum absolute atomic E-state index is 0.181. The molecule has 0 amide bonds. The summed E-state index contributed by atoms with van der Waals surface area (Å²) in [6.07, 6.45) is 3.71. The van der Waals surface area contributed by atoms with E-state index in [2.05, 4.69) is 9.71 Å². The van der Waals surface area contributed by atoms with Crippen molar-refractivity contribution in [1.82, 2.24) is 14.0 Å². The molecule has 0 unspecified atom stereocenters. The molecule has 5 nitrogen and oxygen atoms in total. The van der Waals surface area contributed by atoms with Crippen LogP contribution in [-0.4, -0.2) is 38.3 Å². The summed E-state index contributed by atoms with van der Waals surface area (Å²) in [7, 11) is -0.437. The quantitative estimate of drug-likeness (QED) is 0.883. The van der Waals surface area contributed by atoms with E-state index in [0.29, 0.717) is 6.54 Å². The molecule has 0 aliphatic heterocycles. The summed E-state index contributed by atoms with van der Waals surface area (Å²) in [4.78, 5) is 3.07. The molecule has 114 valence electrons. The fourth-order valence-electron chi connectivity index (χ4n) is 2.59. The van der Waals surface area contributed by atoms with Gasteiger partial charge in [-0.2, -0.15) is 12.7 Å². The molecule has 21 heavy (non-hydrogen) atoms. The van der Waals surface area contributed by atoms with Crippen LogP contribution in [0.15, 0.2) is 24.4 Å². The van der Waals surface area contributed by atoms with Crippen molar-refractivity contribution in [2.24, 2.45) is 0 Å². The van der Waals surface area contributed by atoms with Crippen LogP contribution in [0.25, 0.3) is 10.9 Å². The Balaban J connectivity index is 1.88. The molecule has 1 aliphatic rings. The van der Waals surface area contributed by atoms with Gasteiger partial charge in [-0.1, -0.05) is 0 Å². The van der Waals surface area contributed by atoms with Crippen LogP contribution < -0.4 is 4.72 Å². The number of halogens is 1. The molecular formula is C14H18FN3O2S. The molecule has 0 spiro atoms. The Morgan fingerprint density at radius 1 is 1.38 bits per heavy atom. The van der Waals surface area contributed by atoms with Crippen molar-refractivity contribution in [3.05, 3.63) is 35.8 Å². The van der Waals surface area contributed by atoms with Gasteiger partial charge in [-0.3, -0.25) is 0 Å². The van der Waals surface area contributed by atoms with Crippen LogP contribution in [0.1, 0.15) is 18.4 Å². The van der Waals surface area contributed by atoms with E-state index in [-0.39, 0.29) is 11.2 Å². The summed E-state index contributed by atoms with van der Waals surface area (Å²) in [5.41, 5.74) is 1.62. The molecule has 2 aromatic rings. The largest absolute Gasteiger partial charge is 0.361 e. The number of fused-ring (bicyclic) bond motifs is 1. The second-order valence-electron chi connectivity index (χ2n) is 5.78. The predicted octanol–water partition coefficient (Wildman–Crippen LogP) is 1.73. The number of hydrogen-bond acceptors (Lipinski definition) is 2. The van der Waals surface area contributed by atoms with Crippen molar-refractivity contribution in [1.29, 1.82) is 0 Å². The third-order valence-corrected chi connectivity index (χ3v) is 5.61. The zero-order valence-electron chi connectivity index (χ0n) is 12.0. The summed E-state index contributed by atoms with van der Waals surface area (Å²) >= 11 is 0. The molecule has 3 rings (SSSR count). The van der Waals surface area contributed by atoms with Crippen LogP contribution >= 0.6 is 0 Å². The van der Waals surface area contributed by atoms with Gasteiger partial charge in [0, 0.05) is 43.2 Å². The van der Waals surface area contributed by atoms with E-state index in [9.17, 15) is 12.8 Å². The Morgan fingerprint density at radius 2 is 2.10 bits per heavy atom. The zero-order chi connectivity index (χ0) is 15.3. The second kappa shape index (κ2) is 4.79. The lowest BCUT2D eigenvalue weighted by Crippen LogP contribution is -2.39. The Bertz CT molecular complexity index is 779. The standard InChI is InChI=1S/C14H18FN3O2S/c1-18(2)21(19,20)17-9-14(5-6-14)12-8-16-13-7-10(15)3-4-11(12)13/h3-4,7-8,16-17H,5-6,9H2,1-2H3. The molecule has 1 heterocycles. The second-order valence-corrected chi connectivity index (χ2v) is 7.75. The van der Waals surface area contributed by atoms with E-state index in [1.165, 1.54) is 26.2 Å². The number of benzene rings is 1. The fourth-order valence-corrected chi connectivity index (χ4v) is 3.30. The molecule has 0 saturated heterocycles. The minimum atomic E-state index is -3.43. The molecule has 2 N–H and O–H groups in total. The minimum Gasteiger partial charge on any atom is -0.361 e. The number of nitrogens with zero attached hydrogens (tertiary/aromatic N) is 1. The lowest BCUT2D eigenvalue weighted by molar-refractivity contribution is 0.498. The van der Waals surface area contributed by atoms with Gasteiger partial charge in [0.2, 0.25) is 0 Å². The van der Waals surface area contributed by atoms with Crippen LogP contribution in [0, 0.1) is 5.82 Å². The highest BCUT2D eigenvalue weighted by Crippen LogP contribution is 2.50. The van der Waals surface area contributed by atoms with Crippen LogP contribution in [0.3, 0.4) is 0 Å². The van der Waals surface area contributed by atoms with E-state index < -0.39 is 10.2 Å². The van der Waals surface area contributed by atoms with Gasteiger partial charge in [0.25, 0.3) is 10.2 Å². The van der Waals surface area contributed by atoms with Crippen LogP contribution in [-0.2, 0) is 15.6 Å². The normalized spacial score (nSPS) is 17.5. The Hall–Kier alpha value is -1.44. The van der Waals surface area contributed by atoms with E-state index >= 15 is 0 Å². The van der Waals surface area contributed by atoms with E-state index in [4.69, 9.17) is 0 Å². The van der Waals surface area contributed by atoms with Gasteiger partial charge >= 0.3 is 0 Å². The van der Waals surface area contributed by atoms with E-state index in [1.807, 2.05) is 6.20 Å². The number of rotatable bonds is 5. The van der Waals surface area contributed by atoms with Gasteiger partial charge in [0.1, 0.15) is 5.82 Å². The number of H-pyrrole nitrogens is 1. The van der Waals surface area contributed by atoms with Gasteiger partial charge < -0.3 is 4.98 Å². The zero-order valence-corrected chi connectivity index (χ0v) is 12.8. The lowest BCUT2D eigenvalue weighted by atomic mass is 9.96. The first-order valence-electron chi connectivity index (χ1n) is 6.78. The van der Waals surface area contributed by atoms with Crippen molar-refractivity contribution in [3.8, 4) is 0 Å². The van der Waals surface area contributed by atoms with Gasteiger partial charge in [-0.15, -0.1) is 0 Å². The average Bonchev–Trinajstić information content (AvgIpc) is 3.09. The van der Waals surface area contributed by atoms with Crippen LogP contribution in [0.2, 0.25) is 0 Å². The lowest BCUT2D eigenvalue weighted by Gasteiger charge is -2.18. The molecule has 1 saturated carbocycles. The van der Waals surface area contributed by atoms with Crippen molar-refractivity contribution >= 4 is 21.1 Å². The molecule has 1 fully saturated rings. The van der Waals surface area contributed by atoms with Gasteiger partial charge in [-0.05, 0) is 36.6 Å². The number of nitrogens with one attached hydrogen (secondary N) is 2. The highest BCUT2D eigenvalue weighted by molar-refractivity contribution is 7.87. The van der Waals surface area contributed by atoms with E-state index in [1.54, 1.807) is 6.07 Å². The molecule has 1 aliphatic carbocycles. The Kier molecular flexibility index (Phi) is 3.31. The Morgan fingerprint density at radius 3 is 2.71 bits per heavy atom. The predicted molar refractivity (Wildman–Crippen MR) is 79.8 cm³/mol. The number of aromatic amines is 1. The van der Waals surface area contributed by atoms with Crippen LogP contribution in [0.4, 0.5) is 4.39 Å². The highest BCUT2D eigenvalue weighted by atomic mass is 32.2. The molecule has 0 radical (unpaired) electrons. The van der Waals surface area contributed by atoms with Gasteiger partial charge in [-0.25, -0.2) is 9.11 Å². The van der Waals surface area contributed by atoms with E-state index in [0.717, 1.165) is 33.6 Å². The summed E-state index contributed by atoms with van der Waals surface area (Å²) in [6.45, 7) is 0.359.